The fourth-order valence-corrected chi connectivity index (χ4v) is 7.31. The Bertz CT molecular complexity index is 2900. The third-order valence-corrected chi connectivity index (χ3v) is 10.1. The number of hydrogen-bond donors (Lipinski definition) is 0. The summed E-state index contributed by atoms with van der Waals surface area (Å²) in [5.41, 5.74) is 9.34. The average molecular weight is 926 g/mol. The Morgan fingerprint density at radius 3 is 2.05 bits per heavy atom. The van der Waals surface area contributed by atoms with Gasteiger partial charge in [0.2, 0.25) is 0 Å². The van der Waals surface area contributed by atoms with E-state index in [1.165, 1.54) is 0 Å². The van der Waals surface area contributed by atoms with E-state index in [4.69, 9.17) is 24.3 Å². The molecule has 57 heavy (non-hydrogen) atoms. The minimum atomic E-state index is 0. The maximum atomic E-state index is 6.70. The van der Waals surface area contributed by atoms with Crippen molar-refractivity contribution in [1.29, 1.82) is 0 Å². The Morgan fingerprint density at radius 2 is 1.30 bits per heavy atom. The van der Waals surface area contributed by atoms with Crippen LogP contribution in [0.4, 0.5) is 0 Å². The summed E-state index contributed by atoms with van der Waals surface area (Å²) in [6, 6.07) is 51.0. The fourth-order valence-electron chi connectivity index (χ4n) is 7.31. The van der Waals surface area contributed by atoms with Crippen LogP contribution in [0.3, 0.4) is 0 Å². The van der Waals surface area contributed by atoms with Crippen molar-refractivity contribution in [1.82, 2.24) is 19.3 Å². The summed E-state index contributed by atoms with van der Waals surface area (Å²) in [6.45, 7) is 10.3. The van der Waals surface area contributed by atoms with E-state index in [9.17, 15) is 0 Å². The van der Waals surface area contributed by atoms with Crippen LogP contribution in [0.15, 0.2) is 140 Å². The first-order valence-corrected chi connectivity index (χ1v) is 18.6. The third-order valence-electron chi connectivity index (χ3n) is 10.1. The van der Waals surface area contributed by atoms with Gasteiger partial charge in [0.05, 0.1) is 11.3 Å². The average Bonchev–Trinajstić information content (AvgIpc) is 3.70. The number of aromatic nitrogens is 4. The van der Waals surface area contributed by atoms with E-state index in [0.29, 0.717) is 17.2 Å². The second-order valence-corrected chi connectivity index (χ2v) is 13.9. The number of fused-ring (bicyclic) bond motifs is 3. The van der Waals surface area contributed by atoms with E-state index in [1.807, 2.05) is 115 Å². The minimum absolute atomic E-state index is 0. The van der Waals surface area contributed by atoms with Crippen molar-refractivity contribution >= 4 is 21.8 Å². The number of nitrogens with zero attached hydrogens (tertiary/aromatic N) is 4. The molecular weight excluding hydrogens is 888 g/mol. The summed E-state index contributed by atoms with van der Waals surface area (Å²) < 4.78 is 23.9. The zero-order valence-electron chi connectivity index (χ0n) is 32.1. The van der Waals surface area contributed by atoms with Gasteiger partial charge in [-0.1, -0.05) is 60.1 Å². The van der Waals surface area contributed by atoms with Gasteiger partial charge in [-0.25, -0.2) is 4.98 Å². The van der Waals surface area contributed by atoms with E-state index in [2.05, 4.69) is 80.8 Å². The molecule has 0 amide bonds. The number of aryl methyl sites for hydroxylation is 3. The molecule has 6 aromatic carbocycles. The quantitative estimate of drug-likeness (QED) is 0.135. The van der Waals surface area contributed by atoms with Gasteiger partial charge in [0, 0.05) is 34.5 Å². The van der Waals surface area contributed by atoms with E-state index in [1.54, 1.807) is 0 Å². The second kappa shape index (κ2) is 15.6. The molecule has 0 N–H and O–H groups in total. The number of hydrogen-bond acceptors (Lipinski definition) is 5. The number of rotatable bonds is 9. The normalized spacial score (nSPS) is 11.1. The third kappa shape index (κ3) is 7.11. The molecule has 0 saturated heterocycles. The van der Waals surface area contributed by atoms with Crippen LogP contribution in [-0.2, 0) is 21.1 Å². The number of ether oxygens (including phenoxy) is 3. The predicted octanol–water partition coefficient (Wildman–Crippen LogP) is 12.5. The van der Waals surface area contributed by atoms with E-state index < -0.39 is 0 Å². The molecule has 0 bridgehead atoms. The first-order valence-electron chi connectivity index (χ1n) is 18.6. The monoisotopic (exact) mass is 925 g/mol. The molecule has 0 fully saturated rings. The molecule has 282 valence electrons. The molecule has 7 nitrogen and oxygen atoms in total. The van der Waals surface area contributed by atoms with Gasteiger partial charge in [-0.05, 0) is 111 Å². The molecule has 9 rings (SSSR count). The summed E-state index contributed by atoms with van der Waals surface area (Å²) >= 11 is 0. The van der Waals surface area contributed by atoms with Crippen LogP contribution < -0.4 is 14.2 Å². The molecule has 0 unspecified atom stereocenters. The number of benzene rings is 6. The van der Waals surface area contributed by atoms with Crippen LogP contribution >= 0.6 is 0 Å². The summed E-state index contributed by atoms with van der Waals surface area (Å²) in [7, 11) is 0. The van der Waals surface area contributed by atoms with Crippen molar-refractivity contribution in [3.8, 4) is 57.1 Å². The summed E-state index contributed by atoms with van der Waals surface area (Å²) in [6.07, 6.45) is 1.84. The molecule has 0 aliphatic carbocycles. The van der Waals surface area contributed by atoms with E-state index in [-0.39, 0.29) is 21.1 Å². The van der Waals surface area contributed by atoms with Gasteiger partial charge in [-0.2, -0.15) is 17.2 Å². The Balaban J connectivity index is 0.00000455. The summed E-state index contributed by atoms with van der Waals surface area (Å²) in [4.78, 5) is 4.71. The van der Waals surface area contributed by atoms with E-state index >= 15 is 0 Å². The Morgan fingerprint density at radius 1 is 0.596 bits per heavy atom. The topological polar surface area (TPSA) is 63.3 Å². The molecule has 0 aliphatic heterocycles. The van der Waals surface area contributed by atoms with Gasteiger partial charge in [0.1, 0.15) is 28.8 Å². The maximum absolute atomic E-state index is 6.70. The van der Waals surface area contributed by atoms with Gasteiger partial charge >= 0.3 is 21.1 Å². The van der Waals surface area contributed by atoms with Crippen LogP contribution in [0.25, 0.3) is 44.4 Å². The van der Waals surface area contributed by atoms with Crippen LogP contribution in [-0.4, -0.2) is 19.3 Å². The first-order chi connectivity index (χ1) is 27.3. The first kappa shape index (κ1) is 37.5. The van der Waals surface area contributed by atoms with Gasteiger partial charge in [-0.3, -0.25) is 4.68 Å². The molecule has 0 saturated carbocycles. The van der Waals surface area contributed by atoms with Crippen molar-refractivity contribution < 1.29 is 35.3 Å². The van der Waals surface area contributed by atoms with Gasteiger partial charge in [0.15, 0.2) is 0 Å². The van der Waals surface area contributed by atoms with Gasteiger partial charge < -0.3 is 18.8 Å². The molecule has 8 heteroatoms. The van der Waals surface area contributed by atoms with Crippen molar-refractivity contribution in [2.45, 2.75) is 34.6 Å². The fraction of sp³-hybridized carbons (Fsp3) is 0.102. The maximum Gasteiger partial charge on any atom is 2.00 e. The van der Waals surface area contributed by atoms with E-state index in [0.717, 1.165) is 89.8 Å². The largest absolute Gasteiger partial charge is 2.00 e. The Hall–Kier alpha value is -6.43. The zero-order valence-corrected chi connectivity index (χ0v) is 34.4. The Labute approximate surface area is 346 Å². The second-order valence-electron chi connectivity index (χ2n) is 13.9. The molecule has 0 aliphatic rings. The van der Waals surface area contributed by atoms with Crippen molar-refractivity contribution in [3.05, 3.63) is 180 Å². The van der Waals surface area contributed by atoms with Crippen LogP contribution in [0, 0.1) is 46.8 Å². The molecule has 0 spiro atoms. The number of pyridine rings is 1. The van der Waals surface area contributed by atoms with Crippen LogP contribution in [0.1, 0.15) is 28.1 Å². The predicted molar refractivity (Wildman–Crippen MR) is 222 cm³/mol. The Kier molecular flexibility index (Phi) is 10.3. The minimum Gasteiger partial charge on any atom is -0.509 e. The van der Waals surface area contributed by atoms with Crippen molar-refractivity contribution in [2.75, 3.05) is 0 Å². The zero-order chi connectivity index (χ0) is 38.3. The van der Waals surface area contributed by atoms with Crippen LogP contribution in [0.5, 0.6) is 34.5 Å². The SMILES string of the molecule is Cc1ccnc(-n2c3[c-]c(Oc4[c-]c(-n5nc(C)c(-c6c(Oc7ccccc7)cc(C)c(C)c6Oc6ccccc6)c5C)ccc4)ccc3c3ccccc32)c1.[Pt+2]. The molecule has 3 heterocycles. The molecule has 0 atom stereocenters. The standard InChI is InChI=1S/C49H38N4O3.Pt/c1-31-25-26-50-46(27-31)52-43-22-13-12-21-41(43)42-24-23-40(30-44(42)52)54-39-20-14-15-36(29-39)53-35(5)47(34(4)51-53)48-45(55-37-16-8-6-9-17-37)28-32(2)33(3)49(48)56-38-18-10-7-11-19-38;/h6-28H,1-5H3;/q-2;+2. The van der Waals surface area contributed by atoms with Gasteiger partial charge in [0.25, 0.3) is 0 Å². The molecule has 3 aromatic heterocycles. The number of para-hydroxylation sites is 3. The van der Waals surface area contributed by atoms with Crippen LogP contribution in [0.2, 0.25) is 0 Å². The smallest absolute Gasteiger partial charge is 0.509 e. The summed E-state index contributed by atoms with van der Waals surface area (Å²) in [5, 5.41) is 7.27. The van der Waals surface area contributed by atoms with Crippen molar-refractivity contribution in [3.63, 3.8) is 0 Å². The summed E-state index contributed by atoms with van der Waals surface area (Å²) in [5.74, 6) is 4.80. The van der Waals surface area contributed by atoms with Crippen molar-refractivity contribution in [2.24, 2.45) is 0 Å². The molecule has 0 radical (unpaired) electrons. The molecular formula is C49H38N4O3Pt. The van der Waals surface area contributed by atoms with Gasteiger partial charge in [-0.15, -0.1) is 35.7 Å². The molecule has 9 aromatic rings.